The Bertz CT molecular complexity index is 761. The number of sulfonamides is 1. The fourth-order valence-electron chi connectivity index (χ4n) is 1.96. The molecule has 2 N–H and O–H groups in total. The highest BCUT2D eigenvalue weighted by Gasteiger charge is 2.10. The van der Waals surface area contributed by atoms with Crippen molar-refractivity contribution in [2.24, 2.45) is 0 Å². The third-order valence-electron chi connectivity index (χ3n) is 3.27. The zero-order chi connectivity index (χ0) is 16.9. The fourth-order valence-corrected chi connectivity index (χ4v) is 3.34. The molecule has 2 rings (SSSR count). The van der Waals surface area contributed by atoms with Gasteiger partial charge < -0.3 is 5.32 Å². The number of halogens is 1. The summed E-state index contributed by atoms with van der Waals surface area (Å²) < 4.78 is 26.1. The van der Waals surface area contributed by atoms with E-state index >= 15 is 0 Å². The van der Waals surface area contributed by atoms with Crippen LogP contribution < -0.4 is 10.0 Å². The van der Waals surface area contributed by atoms with Crippen molar-refractivity contribution in [2.75, 3.05) is 15.8 Å². The van der Waals surface area contributed by atoms with Crippen molar-refractivity contribution in [1.82, 2.24) is 4.98 Å². The minimum atomic E-state index is -3.33. The third-order valence-corrected chi connectivity index (χ3v) is 4.85. The van der Waals surface area contributed by atoms with Crippen LogP contribution in [0.25, 0.3) is 0 Å². The number of benzene rings is 1. The molecular formula is C16H20ClN3O2S. The summed E-state index contributed by atoms with van der Waals surface area (Å²) in [5.74, 6) is 0.418. The van der Waals surface area contributed by atoms with E-state index in [0.29, 0.717) is 17.3 Å². The van der Waals surface area contributed by atoms with Crippen LogP contribution in [0.3, 0.4) is 0 Å². The van der Waals surface area contributed by atoms with Crippen LogP contribution >= 0.6 is 11.6 Å². The molecule has 0 amide bonds. The Morgan fingerprint density at radius 1 is 1.22 bits per heavy atom. The van der Waals surface area contributed by atoms with Crippen LogP contribution in [-0.2, 0) is 10.0 Å². The van der Waals surface area contributed by atoms with E-state index in [1.807, 2.05) is 32.0 Å². The van der Waals surface area contributed by atoms with Crippen LogP contribution in [0.1, 0.15) is 25.3 Å². The van der Waals surface area contributed by atoms with Crippen LogP contribution in [0.15, 0.2) is 36.5 Å². The molecule has 0 unspecified atom stereocenters. The topological polar surface area (TPSA) is 71.1 Å². The molecule has 1 aromatic heterocycles. The number of nitrogens with one attached hydrogen (secondary N) is 2. The zero-order valence-electron chi connectivity index (χ0n) is 13.1. The lowest BCUT2D eigenvalue weighted by Crippen LogP contribution is -2.17. The molecule has 0 spiro atoms. The van der Waals surface area contributed by atoms with Gasteiger partial charge in [0.1, 0.15) is 5.82 Å². The van der Waals surface area contributed by atoms with E-state index in [1.165, 1.54) is 0 Å². The van der Waals surface area contributed by atoms with Gasteiger partial charge in [0.15, 0.2) is 0 Å². The average Bonchev–Trinajstić information content (AvgIpc) is 2.51. The van der Waals surface area contributed by atoms with E-state index in [9.17, 15) is 8.42 Å². The largest absolute Gasteiger partial charge is 0.354 e. The number of pyridine rings is 1. The highest BCUT2D eigenvalue weighted by atomic mass is 35.5. The van der Waals surface area contributed by atoms with Gasteiger partial charge in [0.05, 0.1) is 17.6 Å². The first-order chi connectivity index (χ1) is 10.9. The average molecular weight is 354 g/mol. The second-order valence-electron chi connectivity index (χ2n) is 5.29. The van der Waals surface area contributed by atoms with Crippen molar-refractivity contribution in [3.05, 3.63) is 47.1 Å². The molecule has 0 aliphatic rings. The van der Waals surface area contributed by atoms with E-state index in [-0.39, 0.29) is 5.75 Å². The van der Waals surface area contributed by atoms with Gasteiger partial charge in [-0.25, -0.2) is 13.4 Å². The summed E-state index contributed by atoms with van der Waals surface area (Å²) in [6.45, 7) is 3.92. The van der Waals surface area contributed by atoms with Gasteiger partial charge in [0.25, 0.3) is 0 Å². The zero-order valence-corrected chi connectivity index (χ0v) is 14.7. The van der Waals surface area contributed by atoms with Crippen molar-refractivity contribution in [1.29, 1.82) is 0 Å². The van der Waals surface area contributed by atoms with Crippen LogP contribution in [0.5, 0.6) is 0 Å². The standard InChI is InChI=1S/C16H20ClN3O2S/c1-3-4-9-23(21,22)20-16-8-7-14(11-18-16)19-15-10-13(17)6-5-12(15)2/h5-8,10-11,19H,3-4,9H2,1-2H3,(H,18,20). The Labute approximate surface area is 142 Å². The van der Waals surface area contributed by atoms with Crippen molar-refractivity contribution in [3.63, 3.8) is 0 Å². The number of nitrogens with zero attached hydrogens (tertiary/aromatic N) is 1. The van der Waals surface area contributed by atoms with Crippen LogP contribution in [0, 0.1) is 6.92 Å². The molecule has 5 nitrogen and oxygen atoms in total. The van der Waals surface area contributed by atoms with Gasteiger partial charge in [-0.2, -0.15) is 0 Å². The Hall–Kier alpha value is -1.79. The molecule has 0 aliphatic carbocycles. The van der Waals surface area contributed by atoms with Crippen molar-refractivity contribution in [2.45, 2.75) is 26.7 Å². The lowest BCUT2D eigenvalue weighted by molar-refractivity contribution is 0.597. The Balaban J connectivity index is 2.06. The maximum absolute atomic E-state index is 11.8. The first-order valence-electron chi connectivity index (χ1n) is 7.39. The van der Waals surface area contributed by atoms with Gasteiger partial charge in [-0.3, -0.25) is 4.72 Å². The normalized spacial score (nSPS) is 11.3. The smallest absolute Gasteiger partial charge is 0.233 e. The first-order valence-corrected chi connectivity index (χ1v) is 9.42. The van der Waals surface area contributed by atoms with Crippen LogP contribution in [0.4, 0.5) is 17.2 Å². The second kappa shape index (κ2) is 7.66. The predicted molar refractivity (Wildman–Crippen MR) is 96.0 cm³/mol. The highest BCUT2D eigenvalue weighted by molar-refractivity contribution is 7.92. The Morgan fingerprint density at radius 3 is 2.65 bits per heavy atom. The Morgan fingerprint density at radius 2 is 2.00 bits per heavy atom. The lowest BCUT2D eigenvalue weighted by atomic mass is 10.2. The molecule has 2 aromatic rings. The molecule has 0 aliphatic heterocycles. The second-order valence-corrected chi connectivity index (χ2v) is 7.57. The SMILES string of the molecule is CCCCS(=O)(=O)Nc1ccc(Nc2cc(Cl)ccc2C)cn1. The van der Waals surface area contributed by atoms with Crippen molar-refractivity contribution < 1.29 is 8.42 Å². The van der Waals surface area contributed by atoms with Gasteiger partial charge in [-0.15, -0.1) is 0 Å². The van der Waals surface area contributed by atoms with Gasteiger partial charge >= 0.3 is 0 Å². The molecule has 0 fully saturated rings. The van der Waals surface area contributed by atoms with Gasteiger partial charge in [-0.1, -0.05) is 31.0 Å². The van der Waals surface area contributed by atoms with E-state index in [4.69, 9.17) is 11.6 Å². The summed E-state index contributed by atoms with van der Waals surface area (Å²) in [5, 5.41) is 3.86. The highest BCUT2D eigenvalue weighted by Crippen LogP contribution is 2.24. The predicted octanol–water partition coefficient (Wildman–Crippen LogP) is 4.33. The summed E-state index contributed by atoms with van der Waals surface area (Å²) in [6, 6.07) is 8.98. The summed E-state index contributed by atoms with van der Waals surface area (Å²) >= 11 is 5.99. The molecule has 23 heavy (non-hydrogen) atoms. The minimum Gasteiger partial charge on any atom is -0.354 e. The first kappa shape index (κ1) is 17.6. The molecule has 1 aromatic carbocycles. The summed E-state index contributed by atoms with van der Waals surface area (Å²) in [7, 11) is -3.33. The Kier molecular flexibility index (Phi) is 5.85. The number of unbranched alkanes of at least 4 members (excludes halogenated alkanes) is 1. The van der Waals surface area contributed by atoms with Crippen LogP contribution in [0.2, 0.25) is 5.02 Å². The van der Waals surface area contributed by atoms with Gasteiger partial charge in [0, 0.05) is 10.7 Å². The molecule has 1 heterocycles. The monoisotopic (exact) mass is 353 g/mol. The summed E-state index contributed by atoms with van der Waals surface area (Å²) in [4.78, 5) is 4.13. The van der Waals surface area contributed by atoms with E-state index in [1.54, 1.807) is 18.3 Å². The maximum atomic E-state index is 11.8. The number of hydrogen-bond donors (Lipinski definition) is 2. The number of aryl methyl sites for hydroxylation is 1. The quantitative estimate of drug-likeness (QED) is 0.777. The van der Waals surface area contributed by atoms with Gasteiger partial charge in [-0.05, 0) is 43.2 Å². The van der Waals surface area contributed by atoms with Gasteiger partial charge in [0.2, 0.25) is 10.0 Å². The van der Waals surface area contributed by atoms with Crippen LogP contribution in [-0.4, -0.2) is 19.2 Å². The molecule has 0 radical (unpaired) electrons. The molecule has 0 saturated heterocycles. The number of hydrogen-bond acceptors (Lipinski definition) is 4. The molecular weight excluding hydrogens is 334 g/mol. The van der Waals surface area contributed by atoms with E-state index in [0.717, 1.165) is 23.4 Å². The molecule has 0 atom stereocenters. The van der Waals surface area contributed by atoms with Crippen molar-refractivity contribution in [3.8, 4) is 0 Å². The molecule has 7 heteroatoms. The lowest BCUT2D eigenvalue weighted by Gasteiger charge is -2.11. The minimum absolute atomic E-state index is 0.104. The number of aromatic nitrogens is 1. The third kappa shape index (κ3) is 5.41. The molecule has 0 saturated carbocycles. The van der Waals surface area contributed by atoms with Crippen molar-refractivity contribution >= 4 is 38.8 Å². The van der Waals surface area contributed by atoms with E-state index < -0.39 is 10.0 Å². The maximum Gasteiger partial charge on any atom is 0.233 e. The summed E-state index contributed by atoms with van der Waals surface area (Å²) in [6.07, 6.45) is 3.04. The number of anilines is 3. The summed E-state index contributed by atoms with van der Waals surface area (Å²) in [5.41, 5.74) is 2.70. The fraction of sp³-hybridized carbons (Fsp3) is 0.312. The molecule has 0 bridgehead atoms. The van der Waals surface area contributed by atoms with E-state index in [2.05, 4.69) is 15.0 Å². The molecule has 124 valence electrons. The number of rotatable bonds is 7.